The molecule has 1 N–H and O–H groups in total. The number of nitrogens with zero attached hydrogens (tertiary/aromatic N) is 1. The molecule has 166 valence electrons. The third-order valence-corrected chi connectivity index (χ3v) is 5.75. The summed E-state index contributed by atoms with van der Waals surface area (Å²) < 4.78 is 25.6. The van der Waals surface area contributed by atoms with E-state index in [1.54, 1.807) is 29.2 Å². The van der Waals surface area contributed by atoms with E-state index in [1.165, 1.54) is 19.2 Å². The van der Waals surface area contributed by atoms with E-state index in [9.17, 15) is 14.0 Å². The van der Waals surface area contributed by atoms with Gasteiger partial charge in [-0.25, -0.2) is 4.39 Å². The van der Waals surface area contributed by atoms with Crippen molar-refractivity contribution in [1.29, 1.82) is 0 Å². The molecule has 0 aliphatic carbocycles. The van der Waals surface area contributed by atoms with Crippen LogP contribution in [-0.2, 0) is 0 Å². The highest BCUT2D eigenvalue weighted by atomic mass is 79.9. The van der Waals surface area contributed by atoms with Gasteiger partial charge in [-0.3, -0.25) is 9.59 Å². The summed E-state index contributed by atoms with van der Waals surface area (Å²) in [5.74, 6) is -0.00732. The molecule has 3 rings (SSSR count). The molecule has 0 spiro atoms. The number of hydrogen-bond acceptors (Lipinski definition) is 4. The topological polar surface area (TPSA) is 67.9 Å². The number of rotatable bonds is 7. The minimum Gasteiger partial charge on any atom is -0.493 e. The Kier molecular flexibility index (Phi) is 7.90. The minimum atomic E-state index is -0.520. The Morgan fingerprint density at radius 3 is 2.58 bits per heavy atom. The molecule has 1 fully saturated rings. The maximum absolute atomic E-state index is 13.9. The Morgan fingerprint density at radius 1 is 1.23 bits per heavy atom. The van der Waals surface area contributed by atoms with E-state index in [0.29, 0.717) is 54.1 Å². The third-order valence-electron chi connectivity index (χ3n) is 5.16. The van der Waals surface area contributed by atoms with Gasteiger partial charge in [0.15, 0.2) is 11.5 Å². The minimum absolute atomic E-state index is 0.0713. The quantitative estimate of drug-likeness (QED) is 0.620. The lowest BCUT2D eigenvalue weighted by molar-refractivity contribution is 0.0693. The zero-order valence-corrected chi connectivity index (χ0v) is 19.2. The number of halogens is 2. The van der Waals surface area contributed by atoms with Gasteiger partial charge in [-0.15, -0.1) is 0 Å². The van der Waals surface area contributed by atoms with Crippen LogP contribution in [0.2, 0.25) is 0 Å². The molecule has 0 radical (unpaired) electrons. The predicted molar refractivity (Wildman–Crippen MR) is 119 cm³/mol. The van der Waals surface area contributed by atoms with Gasteiger partial charge >= 0.3 is 0 Å². The van der Waals surface area contributed by atoms with Crippen LogP contribution < -0.4 is 14.8 Å². The van der Waals surface area contributed by atoms with Crippen LogP contribution in [0.5, 0.6) is 11.5 Å². The molecule has 6 nitrogen and oxygen atoms in total. The first-order valence-electron chi connectivity index (χ1n) is 10.3. The van der Waals surface area contributed by atoms with Gasteiger partial charge < -0.3 is 19.7 Å². The molecule has 8 heteroatoms. The van der Waals surface area contributed by atoms with Crippen molar-refractivity contribution in [2.24, 2.45) is 0 Å². The van der Waals surface area contributed by atoms with Crippen LogP contribution in [0.25, 0.3) is 0 Å². The molecule has 1 aliphatic heterocycles. The fourth-order valence-corrected chi connectivity index (χ4v) is 4.05. The van der Waals surface area contributed by atoms with Crippen molar-refractivity contribution in [3.8, 4) is 11.5 Å². The summed E-state index contributed by atoms with van der Waals surface area (Å²) >= 11 is 3.45. The summed E-state index contributed by atoms with van der Waals surface area (Å²) in [6.45, 7) is 3.46. The van der Waals surface area contributed by atoms with Gasteiger partial charge in [-0.05, 0) is 59.5 Å². The molecule has 0 unspecified atom stereocenters. The highest BCUT2D eigenvalue weighted by Crippen LogP contribution is 2.36. The van der Waals surface area contributed by atoms with Gasteiger partial charge in [-0.2, -0.15) is 0 Å². The number of nitrogens with one attached hydrogen (secondary N) is 1. The number of benzene rings is 2. The maximum atomic E-state index is 13.9. The summed E-state index contributed by atoms with van der Waals surface area (Å²) in [5, 5.41) is 3.02. The first kappa shape index (κ1) is 23.1. The summed E-state index contributed by atoms with van der Waals surface area (Å²) in [4.78, 5) is 27.0. The second-order valence-corrected chi connectivity index (χ2v) is 8.21. The molecule has 1 aliphatic rings. The number of methoxy groups -OCH3 is 1. The number of ether oxygens (including phenoxy) is 2. The Morgan fingerprint density at radius 2 is 1.94 bits per heavy atom. The highest BCUT2D eigenvalue weighted by Gasteiger charge is 2.26. The van der Waals surface area contributed by atoms with Crippen LogP contribution >= 0.6 is 15.9 Å². The molecule has 2 aromatic carbocycles. The van der Waals surface area contributed by atoms with E-state index in [2.05, 4.69) is 21.2 Å². The predicted octanol–water partition coefficient (Wildman–Crippen LogP) is 4.42. The number of piperidine rings is 1. The van der Waals surface area contributed by atoms with E-state index in [0.717, 1.165) is 6.42 Å². The smallest absolute Gasteiger partial charge is 0.256 e. The van der Waals surface area contributed by atoms with Crippen LogP contribution in [0, 0.1) is 5.82 Å². The summed E-state index contributed by atoms with van der Waals surface area (Å²) in [7, 11) is 1.53. The average Bonchev–Trinajstić information content (AvgIpc) is 2.78. The molecule has 1 heterocycles. The molecule has 0 aromatic heterocycles. The summed E-state index contributed by atoms with van der Waals surface area (Å²) in [5.41, 5.74) is 0.532. The van der Waals surface area contributed by atoms with Crippen molar-refractivity contribution >= 4 is 27.7 Å². The van der Waals surface area contributed by atoms with Crippen molar-refractivity contribution < 1.29 is 23.5 Å². The van der Waals surface area contributed by atoms with Crippen molar-refractivity contribution in [2.45, 2.75) is 32.2 Å². The second-order valence-electron chi connectivity index (χ2n) is 7.36. The molecule has 0 saturated carbocycles. The van der Waals surface area contributed by atoms with Crippen LogP contribution in [0.15, 0.2) is 40.9 Å². The van der Waals surface area contributed by atoms with Crippen molar-refractivity contribution in [3.63, 3.8) is 0 Å². The number of hydrogen-bond donors (Lipinski definition) is 1. The molecule has 1 saturated heterocycles. The number of carbonyl (C=O) groups is 2. The van der Waals surface area contributed by atoms with Crippen LogP contribution in [0.3, 0.4) is 0 Å². The van der Waals surface area contributed by atoms with Gasteiger partial charge in [0.05, 0.1) is 23.8 Å². The standard InChI is InChI=1S/C23H26BrFN2O4/c1-3-12-31-21-18(24)13-15(14-20(21)30-2)22(28)26-16-8-10-27(11-9-16)23(29)17-6-4-5-7-19(17)25/h4-7,13-14,16H,3,8-12H2,1-2H3,(H,26,28). The van der Waals surface area contributed by atoms with Gasteiger partial charge in [0.1, 0.15) is 5.82 Å². The zero-order chi connectivity index (χ0) is 22.4. The van der Waals surface area contributed by atoms with Gasteiger partial charge in [0.2, 0.25) is 0 Å². The lowest BCUT2D eigenvalue weighted by Gasteiger charge is -2.32. The fourth-order valence-electron chi connectivity index (χ4n) is 3.50. The number of amides is 2. The van der Waals surface area contributed by atoms with E-state index in [-0.39, 0.29) is 23.4 Å². The van der Waals surface area contributed by atoms with Crippen LogP contribution in [0.1, 0.15) is 46.9 Å². The van der Waals surface area contributed by atoms with Crippen molar-refractivity contribution in [1.82, 2.24) is 10.2 Å². The number of carbonyl (C=O) groups excluding carboxylic acids is 2. The van der Waals surface area contributed by atoms with Crippen LogP contribution in [-0.4, -0.2) is 49.6 Å². The lowest BCUT2D eigenvalue weighted by Crippen LogP contribution is -2.46. The SMILES string of the molecule is CCCOc1c(Br)cc(C(=O)NC2CCN(C(=O)c3ccccc3F)CC2)cc1OC. The molecule has 2 amide bonds. The summed E-state index contributed by atoms with van der Waals surface area (Å²) in [6, 6.07) is 9.27. The normalized spacial score (nSPS) is 14.3. The third kappa shape index (κ3) is 5.55. The van der Waals surface area contributed by atoms with Gasteiger partial charge in [0.25, 0.3) is 11.8 Å². The Balaban J connectivity index is 1.60. The Hall–Kier alpha value is -2.61. The molecule has 31 heavy (non-hydrogen) atoms. The first-order chi connectivity index (χ1) is 14.9. The molecular weight excluding hydrogens is 467 g/mol. The lowest BCUT2D eigenvalue weighted by atomic mass is 10.0. The molecule has 0 atom stereocenters. The van der Waals surface area contributed by atoms with E-state index in [4.69, 9.17) is 9.47 Å². The molecular formula is C23H26BrFN2O4. The second kappa shape index (κ2) is 10.6. The van der Waals surface area contributed by atoms with Crippen molar-refractivity contribution in [3.05, 3.63) is 57.8 Å². The Labute approximate surface area is 189 Å². The first-order valence-corrected chi connectivity index (χ1v) is 11.1. The van der Waals surface area contributed by atoms with Gasteiger partial charge in [0, 0.05) is 24.7 Å². The van der Waals surface area contributed by atoms with Gasteiger partial charge in [-0.1, -0.05) is 19.1 Å². The van der Waals surface area contributed by atoms with E-state index in [1.807, 2.05) is 6.92 Å². The zero-order valence-electron chi connectivity index (χ0n) is 17.6. The summed E-state index contributed by atoms with van der Waals surface area (Å²) in [6.07, 6.45) is 2.06. The average molecular weight is 493 g/mol. The monoisotopic (exact) mass is 492 g/mol. The molecule has 0 bridgehead atoms. The van der Waals surface area contributed by atoms with E-state index >= 15 is 0 Å². The Bertz CT molecular complexity index is 945. The fraction of sp³-hybridized carbons (Fsp3) is 0.391. The van der Waals surface area contributed by atoms with E-state index < -0.39 is 5.82 Å². The largest absolute Gasteiger partial charge is 0.493 e. The maximum Gasteiger partial charge on any atom is 0.256 e. The van der Waals surface area contributed by atoms with Crippen molar-refractivity contribution in [2.75, 3.05) is 26.8 Å². The highest BCUT2D eigenvalue weighted by molar-refractivity contribution is 9.10. The number of likely N-dealkylation sites (tertiary alicyclic amines) is 1. The van der Waals surface area contributed by atoms with Crippen LogP contribution in [0.4, 0.5) is 4.39 Å². The molecule has 2 aromatic rings.